The number of carbonyl (C=O) groups excluding carboxylic acids is 1. The van der Waals surface area contributed by atoms with E-state index in [-0.39, 0.29) is 0 Å². The fraction of sp³-hybridized carbons (Fsp3) is 0.533. The number of hydrogen-bond donors (Lipinski definition) is 0. The Morgan fingerprint density at radius 3 is 2.05 bits per heavy atom. The van der Waals surface area contributed by atoms with Crippen molar-refractivity contribution in [1.29, 1.82) is 0 Å². The molecule has 0 saturated carbocycles. The molecule has 1 aliphatic heterocycles. The van der Waals surface area contributed by atoms with Gasteiger partial charge in [-0.1, -0.05) is 12.1 Å². The third-order valence-electron chi connectivity index (χ3n) is 3.87. The predicted molar refractivity (Wildman–Crippen MR) is 73.7 cm³/mol. The second kappa shape index (κ2) is 5.63. The number of cyclic esters (lactones) is 1. The number of hydrogen-bond acceptors (Lipinski definition) is 6. The van der Waals surface area contributed by atoms with Crippen LogP contribution in [0, 0.1) is 0 Å². The standard InChI is InChI=1S/C15H20O6/c1-14(18-4)15(2,19-5)21-13(16)12(20-14)10-6-8-11(17-3)9-7-10/h6-9,12H,1-5H3/t12-,14+,15+/m0/s1. The molecule has 2 rings (SSSR count). The van der Waals surface area contributed by atoms with Gasteiger partial charge in [0.05, 0.1) is 7.11 Å². The van der Waals surface area contributed by atoms with Crippen molar-refractivity contribution in [3.63, 3.8) is 0 Å². The Morgan fingerprint density at radius 1 is 1.00 bits per heavy atom. The van der Waals surface area contributed by atoms with Gasteiger partial charge in [0.2, 0.25) is 5.79 Å². The van der Waals surface area contributed by atoms with Crippen LogP contribution < -0.4 is 4.74 Å². The van der Waals surface area contributed by atoms with Crippen molar-refractivity contribution >= 4 is 5.97 Å². The zero-order valence-electron chi connectivity index (χ0n) is 12.8. The maximum Gasteiger partial charge on any atom is 0.342 e. The maximum absolute atomic E-state index is 12.2. The summed E-state index contributed by atoms with van der Waals surface area (Å²) in [7, 11) is 4.48. The fourth-order valence-electron chi connectivity index (χ4n) is 2.16. The van der Waals surface area contributed by atoms with Crippen LogP contribution in [0.3, 0.4) is 0 Å². The van der Waals surface area contributed by atoms with Gasteiger partial charge in [-0.2, -0.15) is 0 Å². The molecule has 1 aromatic carbocycles. The van der Waals surface area contributed by atoms with E-state index >= 15 is 0 Å². The molecule has 0 amide bonds. The lowest BCUT2D eigenvalue weighted by Gasteiger charge is -2.47. The normalized spacial score (nSPS) is 32.6. The summed E-state index contributed by atoms with van der Waals surface area (Å²) >= 11 is 0. The summed E-state index contributed by atoms with van der Waals surface area (Å²) in [5, 5.41) is 0. The molecule has 1 aromatic rings. The Labute approximate surface area is 123 Å². The third-order valence-corrected chi connectivity index (χ3v) is 3.87. The first-order valence-electron chi connectivity index (χ1n) is 6.54. The summed E-state index contributed by atoms with van der Waals surface area (Å²) in [6.45, 7) is 3.26. The van der Waals surface area contributed by atoms with Crippen LogP contribution in [-0.2, 0) is 23.7 Å². The molecule has 0 unspecified atom stereocenters. The van der Waals surface area contributed by atoms with Crippen molar-refractivity contribution in [1.82, 2.24) is 0 Å². The molecule has 6 nitrogen and oxygen atoms in total. The molecule has 0 N–H and O–H groups in total. The van der Waals surface area contributed by atoms with Gasteiger partial charge in [0, 0.05) is 21.1 Å². The monoisotopic (exact) mass is 296 g/mol. The number of methoxy groups -OCH3 is 3. The molecule has 0 spiro atoms. The molecular formula is C15H20O6. The van der Waals surface area contributed by atoms with Crippen molar-refractivity contribution in [2.75, 3.05) is 21.3 Å². The number of benzene rings is 1. The maximum atomic E-state index is 12.2. The number of esters is 1. The molecule has 1 heterocycles. The van der Waals surface area contributed by atoms with E-state index in [4.69, 9.17) is 23.7 Å². The van der Waals surface area contributed by atoms with Crippen LogP contribution in [0.15, 0.2) is 24.3 Å². The second-order valence-electron chi connectivity index (χ2n) is 4.99. The van der Waals surface area contributed by atoms with Crippen LogP contribution in [0.1, 0.15) is 25.5 Å². The molecule has 6 heteroatoms. The first-order valence-corrected chi connectivity index (χ1v) is 6.54. The zero-order chi connectivity index (χ0) is 15.7. The molecule has 1 fully saturated rings. The Morgan fingerprint density at radius 2 is 1.57 bits per heavy atom. The third kappa shape index (κ3) is 2.62. The van der Waals surface area contributed by atoms with E-state index in [1.54, 1.807) is 45.2 Å². The first kappa shape index (κ1) is 15.8. The Bertz CT molecular complexity index is 513. The fourth-order valence-corrected chi connectivity index (χ4v) is 2.16. The van der Waals surface area contributed by atoms with Crippen molar-refractivity contribution in [3.8, 4) is 5.75 Å². The van der Waals surface area contributed by atoms with E-state index < -0.39 is 23.6 Å². The van der Waals surface area contributed by atoms with Gasteiger partial charge in [0.25, 0.3) is 5.79 Å². The molecule has 0 radical (unpaired) electrons. The van der Waals surface area contributed by atoms with Gasteiger partial charge in [-0.3, -0.25) is 0 Å². The summed E-state index contributed by atoms with van der Waals surface area (Å²) in [6.07, 6.45) is -0.885. The van der Waals surface area contributed by atoms with Crippen LogP contribution >= 0.6 is 0 Å². The van der Waals surface area contributed by atoms with Crippen molar-refractivity contribution in [2.24, 2.45) is 0 Å². The summed E-state index contributed by atoms with van der Waals surface area (Å²) in [6, 6.07) is 6.99. The van der Waals surface area contributed by atoms with Gasteiger partial charge in [-0.05, 0) is 24.6 Å². The van der Waals surface area contributed by atoms with Crippen molar-refractivity contribution in [3.05, 3.63) is 29.8 Å². The lowest BCUT2D eigenvalue weighted by molar-refractivity contribution is -0.407. The quantitative estimate of drug-likeness (QED) is 0.792. The molecule has 21 heavy (non-hydrogen) atoms. The van der Waals surface area contributed by atoms with Gasteiger partial charge in [-0.15, -0.1) is 0 Å². The summed E-state index contributed by atoms with van der Waals surface area (Å²) in [5.74, 6) is -2.37. The highest BCUT2D eigenvalue weighted by Crippen LogP contribution is 2.42. The van der Waals surface area contributed by atoms with E-state index in [1.165, 1.54) is 14.2 Å². The predicted octanol–water partition coefficient (Wildman–Crippen LogP) is 2.03. The van der Waals surface area contributed by atoms with Crippen molar-refractivity contribution < 1.29 is 28.5 Å². The average Bonchev–Trinajstić information content (AvgIpc) is 2.51. The van der Waals surface area contributed by atoms with Crippen LogP contribution in [-0.4, -0.2) is 38.9 Å². The molecule has 116 valence electrons. The van der Waals surface area contributed by atoms with E-state index in [9.17, 15) is 4.79 Å². The van der Waals surface area contributed by atoms with E-state index in [2.05, 4.69) is 0 Å². The van der Waals surface area contributed by atoms with Gasteiger partial charge < -0.3 is 23.7 Å². The minimum atomic E-state index is -1.32. The average molecular weight is 296 g/mol. The number of carbonyl (C=O) groups is 1. The van der Waals surface area contributed by atoms with E-state index in [0.29, 0.717) is 11.3 Å². The molecule has 0 aliphatic carbocycles. The van der Waals surface area contributed by atoms with E-state index in [1.807, 2.05) is 0 Å². The van der Waals surface area contributed by atoms with Gasteiger partial charge >= 0.3 is 5.97 Å². The Hall–Kier alpha value is -1.63. The smallest absolute Gasteiger partial charge is 0.342 e. The highest BCUT2D eigenvalue weighted by atomic mass is 16.8. The number of rotatable bonds is 4. The second-order valence-corrected chi connectivity index (χ2v) is 4.99. The molecule has 0 bridgehead atoms. The number of ether oxygens (including phenoxy) is 5. The Balaban J connectivity index is 2.31. The first-order chi connectivity index (χ1) is 9.89. The topological polar surface area (TPSA) is 63.2 Å². The lowest BCUT2D eigenvalue weighted by atomic mass is 10.0. The highest BCUT2D eigenvalue weighted by Gasteiger charge is 2.57. The molecular weight excluding hydrogens is 276 g/mol. The highest BCUT2D eigenvalue weighted by molar-refractivity contribution is 5.77. The lowest BCUT2D eigenvalue weighted by Crippen LogP contribution is -2.62. The van der Waals surface area contributed by atoms with Gasteiger partial charge in [0.15, 0.2) is 6.10 Å². The summed E-state index contributed by atoms with van der Waals surface area (Å²) in [5.41, 5.74) is 0.655. The van der Waals surface area contributed by atoms with Crippen molar-refractivity contribution in [2.45, 2.75) is 31.5 Å². The zero-order valence-corrected chi connectivity index (χ0v) is 12.8. The SMILES string of the molecule is COc1ccc([C@@H]2O[C@@](C)(OC)[C@](C)(OC)OC2=O)cc1. The Kier molecular flexibility index (Phi) is 4.22. The molecule has 1 aliphatic rings. The summed E-state index contributed by atoms with van der Waals surface area (Å²) < 4.78 is 27.0. The largest absolute Gasteiger partial charge is 0.497 e. The molecule has 1 saturated heterocycles. The van der Waals surface area contributed by atoms with Crippen LogP contribution in [0.5, 0.6) is 5.75 Å². The minimum Gasteiger partial charge on any atom is -0.497 e. The van der Waals surface area contributed by atoms with Crippen LogP contribution in [0.4, 0.5) is 0 Å². The van der Waals surface area contributed by atoms with Gasteiger partial charge in [-0.25, -0.2) is 4.79 Å². The van der Waals surface area contributed by atoms with Crippen LogP contribution in [0.2, 0.25) is 0 Å². The van der Waals surface area contributed by atoms with E-state index in [0.717, 1.165) is 0 Å². The molecule has 3 atom stereocenters. The minimum absolute atomic E-state index is 0.529. The molecule has 0 aromatic heterocycles. The summed E-state index contributed by atoms with van der Waals surface area (Å²) in [4.78, 5) is 12.2. The van der Waals surface area contributed by atoms with Crippen LogP contribution in [0.25, 0.3) is 0 Å². The van der Waals surface area contributed by atoms with Gasteiger partial charge in [0.1, 0.15) is 5.75 Å².